The average Bonchev–Trinajstić information content (AvgIpc) is 2.61. The number of alkyl halides is 3. The van der Waals surface area contributed by atoms with Crippen LogP contribution in [0.25, 0.3) is 10.9 Å². The molecule has 136 valence electrons. The second kappa shape index (κ2) is 7.29. The number of benzene rings is 2. The van der Waals surface area contributed by atoms with E-state index in [4.69, 9.17) is 0 Å². The van der Waals surface area contributed by atoms with Crippen molar-refractivity contribution in [2.45, 2.75) is 26.2 Å². The number of aromatic amines is 1. The Hall–Kier alpha value is -2.67. The summed E-state index contributed by atoms with van der Waals surface area (Å²) in [6.07, 6.45) is -4.47. The predicted octanol–water partition coefficient (Wildman–Crippen LogP) is 3.96. The van der Waals surface area contributed by atoms with Gasteiger partial charge in [-0.3, -0.25) is 9.69 Å². The minimum atomic E-state index is -4.47. The third-order valence-corrected chi connectivity index (χ3v) is 4.15. The summed E-state index contributed by atoms with van der Waals surface area (Å²) in [6.45, 7) is 3.68. The van der Waals surface area contributed by atoms with Crippen LogP contribution in [0.3, 0.4) is 0 Å². The number of halogens is 3. The van der Waals surface area contributed by atoms with Crippen molar-refractivity contribution in [3.63, 3.8) is 0 Å². The molecule has 0 radical (unpaired) electrons. The van der Waals surface area contributed by atoms with Crippen molar-refractivity contribution in [1.82, 2.24) is 14.9 Å². The van der Waals surface area contributed by atoms with Gasteiger partial charge in [-0.1, -0.05) is 37.3 Å². The lowest BCUT2D eigenvalue weighted by atomic mass is 10.1. The van der Waals surface area contributed by atoms with Crippen LogP contribution in [-0.2, 0) is 19.3 Å². The van der Waals surface area contributed by atoms with Gasteiger partial charge in [0, 0.05) is 6.54 Å². The molecule has 0 spiro atoms. The fourth-order valence-electron chi connectivity index (χ4n) is 2.77. The molecule has 0 unspecified atom stereocenters. The number of H-pyrrole nitrogens is 1. The lowest BCUT2D eigenvalue weighted by molar-refractivity contribution is -0.137. The summed E-state index contributed by atoms with van der Waals surface area (Å²) in [5, 5.41) is 0.146. The van der Waals surface area contributed by atoms with Crippen molar-refractivity contribution < 1.29 is 13.2 Å². The third-order valence-electron chi connectivity index (χ3n) is 4.15. The first-order chi connectivity index (χ1) is 12.4. The molecule has 0 aliphatic carbocycles. The fraction of sp³-hybridized carbons (Fsp3) is 0.263. The maximum Gasteiger partial charge on any atom is 0.416 e. The Morgan fingerprint density at radius 2 is 1.81 bits per heavy atom. The quantitative estimate of drug-likeness (QED) is 0.748. The molecular formula is C19H18F3N3O. The van der Waals surface area contributed by atoms with Crippen LogP contribution in [0.1, 0.15) is 23.9 Å². The molecule has 0 aliphatic heterocycles. The van der Waals surface area contributed by atoms with E-state index in [1.807, 2.05) is 42.2 Å². The van der Waals surface area contributed by atoms with Crippen LogP contribution in [0, 0.1) is 0 Å². The van der Waals surface area contributed by atoms with Gasteiger partial charge in [-0.25, -0.2) is 4.98 Å². The predicted molar refractivity (Wildman–Crippen MR) is 93.6 cm³/mol. The number of aromatic nitrogens is 2. The molecule has 1 aromatic heterocycles. The Morgan fingerprint density at radius 1 is 1.08 bits per heavy atom. The van der Waals surface area contributed by atoms with Gasteiger partial charge >= 0.3 is 6.18 Å². The molecule has 0 amide bonds. The van der Waals surface area contributed by atoms with E-state index < -0.39 is 17.3 Å². The minimum Gasteiger partial charge on any atom is -0.309 e. The van der Waals surface area contributed by atoms with Crippen LogP contribution in [0.2, 0.25) is 0 Å². The van der Waals surface area contributed by atoms with Crippen molar-refractivity contribution in [3.05, 3.63) is 75.8 Å². The molecule has 1 heterocycles. The summed E-state index contributed by atoms with van der Waals surface area (Å²) < 4.78 is 38.7. The number of fused-ring (bicyclic) bond motifs is 1. The van der Waals surface area contributed by atoms with E-state index in [0.29, 0.717) is 25.5 Å². The Morgan fingerprint density at radius 3 is 2.46 bits per heavy atom. The van der Waals surface area contributed by atoms with Crippen LogP contribution in [0.4, 0.5) is 13.2 Å². The van der Waals surface area contributed by atoms with Gasteiger partial charge < -0.3 is 4.98 Å². The van der Waals surface area contributed by atoms with Crippen molar-refractivity contribution in [3.8, 4) is 0 Å². The zero-order valence-electron chi connectivity index (χ0n) is 14.2. The molecule has 2 aromatic carbocycles. The maximum atomic E-state index is 12.9. The number of hydrogen-bond acceptors (Lipinski definition) is 3. The highest BCUT2D eigenvalue weighted by molar-refractivity contribution is 5.78. The van der Waals surface area contributed by atoms with E-state index in [9.17, 15) is 18.0 Å². The maximum absolute atomic E-state index is 12.9. The van der Waals surface area contributed by atoms with Gasteiger partial charge in [0.15, 0.2) is 0 Å². The van der Waals surface area contributed by atoms with Crippen LogP contribution >= 0.6 is 0 Å². The first-order valence-corrected chi connectivity index (χ1v) is 8.23. The van der Waals surface area contributed by atoms with E-state index in [-0.39, 0.29) is 10.9 Å². The normalized spacial score (nSPS) is 12.0. The average molecular weight is 361 g/mol. The molecule has 0 fully saturated rings. The molecule has 0 bridgehead atoms. The molecule has 26 heavy (non-hydrogen) atoms. The van der Waals surface area contributed by atoms with Crippen molar-refractivity contribution in [1.29, 1.82) is 0 Å². The van der Waals surface area contributed by atoms with E-state index in [2.05, 4.69) is 9.97 Å². The standard InChI is InChI=1S/C19H18F3N3O/c1-2-25(11-13-6-4-3-5-7-13)12-17-23-16-10-14(19(20,21)22)8-9-15(16)18(26)24-17/h3-10H,2,11-12H2,1H3,(H,23,24,26). The van der Waals surface area contributed by atoms with Gasteiger partial charge in [0.05, 0.1) is 23.0 Å². The number of nitrogens with one attached hydrogen (secondary N) is 1. The fourth-order valence-corrected chi connectivity index (χ4v) is 2.77. The van der Waals surface area contributed by atoms with E-state index in [0.717, 1.165) is 23.8 Å². The monoisotopic (exact) mass is 361 g/mol. The van der Waals surface area contributed by atoms with Crippen molar-refractivity contribution in [2.75, 3.05) is 6.54 Å². The Balaban J connectivity index is 1.90. The van der Waals surface area contributed by atoms with E-state index >= 15 is 0 Å². The molecule has 0 aliphatic rings. The highest BCUT2D eigenvalue weighted by Crippen LogP contribution is 2.30. The summed E-state index contributed by atoms with van der Waals surface area (Å²) >= 11 is 0. The Bertz CT molecular complexity index is 952. The summed E-state index contributed by atoms with van der Waals surface area (Å²) in [6, 6.07) is 12.8. The van der Waals surface area contributed by atoms with Crippen LogP contribution in [0.15, 0.2) is 53.3 Å². The topological polar surface area (TPSA) is 49.0 Å². The highest BCUT2D eigenvalue weighted by atomic mass is 19.4. The zero-order valence-corrected chi connectivity index (χ0v) is 14.2. The molecule has 0 saturated carbocycles. The van der Waals surface area contributed by atoms with Gasteiger partial charge in [0.25, 0.3) is 5.56 Å². The van der Waals surface area contributed by atoms with E-state index in [1.165, 1.54) is 0 Å². The largest absolute Gasteiger partial charge is 0.416 e. The minimum absolute atomic E-state index is 0.0503. The molecule has 4 nitrogen and oxygen atoms in total. The Labute approximate surface area is 148 Å². The summed E-state index contributed by atoms with van der Waals surface area (Å²) in [5.74, 6) is 0.347. The van der Waals surface area contributed by atoms with Crippen LogP contribution in [-0.4, -0.2) is 21.4 Å². The Kier molecular flexibility index (Phi) is 5.08. The summed E-state index contributed by atoms with van der Waals surface area (Å²) in [7, 11) is 0. The molecule has 3 aromatic rings. The first-order valence-electron chi connectivity index (χ1n) is 8.23. The smallest absolute Gasteiger partial charge is 0.309 e. The number of hydrogen-bond donors (Lipinski definition) is 1. The van der Waals surface area contributed by atoms with Gasteiger partial charge in [0.2, 0.25) is 0 Å². The lowest BCUT2D eigenvalue weighted by Gasteiger charge is -2.20. The SMILES string of the molecule is CCN(Cc1ccccc1)Cc1nc2cc(C(F)(F)F)ccc2c(=O)[nH]1. The lowest BCUT2D eigenvalue weighted by Crippen LogP contribution is -2.25. The van der Waals surface area contributed by atoms with Gasteiger partial charge in [-0.2, -0.15) is 13.2 Å². The van der Waals surface area contributed by atoms with E-state index in [1.54, 1.807) is 0 Å². The zero-order chi connectivity index (χ0) is 18.7. The van der Waals surface area contributed by atoms with Gasteiger partial charge in [0.1, 0.15) is 5.82 Å². The van der Waals surface area contributed by atoms with Crippen molar-refractivity contribution in [2.24, 2.45) is 0 Å². The van der Waals surface area contributed by atoms with Gasteiger partial charge in [-0.15, -0.1) is 0 Å². The number of nitrogens with zero attached hydrogens (tertiary/aromatic N) is 2. The van der Waals surface area contributed by atoms with Crippen LogP contribution < -0.4 is 5.56 Å². The highest BCUT2D eigenvalue weighted by Gasteiger charge is 2.30. The van der Waals surface area contributed by atoms with Crippen molar-refractivity contribution >= 4 is 10.9 Å². The summed E-state index contributed by atoms with van der Waals surface area (Å²) in [4.78, 5) is 21.2. The molecule has 0 saturated heterocycles. The molecule has 3 rings (SSSR count). The second-order valence-corrected chi connectivity index (χ2v) is 6.03. The second-order valence-electron chi connectivity index (χ2n) is 6.03. The first kappa shape index (κ1) is 18.1. The molecule has 0 atom stereocenters. The molecule has 7 heteroatoms. The molecule has 1 N–H and O–H groups in total. The summed E-state index contributed by atoms with van der Waals surface area (Å²) in [5.41, 5.74) is -0.0913. The van der Waals surface area contributed by atoms with Crippen LogP contribution in [0.5, 0.6) is 0 Å². The number of rotatable bonds is 5. The van der Waals surface area contributed by atoms with Gasteiger partial charge in [-0.05, 0) is 30.3 Å². The molecular weight excluding hydrogens is 343 g/mol. The third kappa shape index (κ3) is 4.11.